The van der Waals surface area contributed by atoms with Crippen molar-refractivity contribution in [2.45, 2.75) is 57.8 Å². The second-order valence-electron chi connectivity index (χ2n) is 7.16. The topological polar surface area (TPSA) is 9.23 Å². The molecule has 140 valence electrons. The van der Waals surface area contributed by atoms with Gasteiger partial charge in [-0.15, -0.1) is 23.2 Å². The van der Waals surface area contributed by atoms with E-state index < -0.39 is 0 Å². The maximum atomic E-state index is 6.14. The van der Waals surface area contributed by atoms with Gasteiger partial charge in [0.15, 0.2) is 0 Å². The van der Waals surface area contributed by atoms with Gasteiger partial charge in [-0.25, -0.2) is 0 Å². The zero-order valence-corrected chi connectivity index (χ0v) is 16.9. The Kier molecular flexibility index (Phi) is 7.70. The van der Waals surface area contributed by atoms with Crippen molar-refractivity contribution in [2.24, 2.45) is 0 Å². The van der Waals surface area contributed by atoms with E-state index in [0.29, 0.717) is 0 Å². The van der Waals surface area contributed by atoms with E-state index in [1.54, 1.807) is 0 Å². The molecular formula is C23H28Cl2O. The number of ether oxygens (including phenoxy) is 1. The van der Waals surface area contributed by atoms with Crippen molar-refractivity contribution in [1.29, 1.82) is 0 Å². The molecule has 2 aromatic rings. The smallest absolute Gasteiger partial charge is 0.130 e. The lowest BCUT2D eigenvalue weighted by molar-refractivity contribution is 0.459. The van der Waals surface area contributed by atoms with Crippen molar-refractivity contribution < 1.29 is 4.74 Å². The normalized spacial score (nSPS) is 12.4. The quantitative estimate of drug-likeness (QED) is 0.260. The van der Waals surface area contributed by atoms with Crippen LogP contribution < -0.4 is 4.74 Å². The Bertz CT molecular complexity index is 652. The van der Waals surface area contributed by atoms with Crippen LogP contribution in [0.4, 0.5) is 0 Å². The molecule has 1 aliphatic rings. The third-order valence-corrected chi connectivity index (χ3v) is 5.58. The molecule has 0 unspecified atom stereocenters. The Morgan fingerprint density at radius 2 is 1.15 bits per heavy atom. The molecule has 1 nitrogen and oxygen atoms in total. The van der Waals surface area contributed by atoms with Crippen LogP contribution in [-0.2, 0) is 19.3 Å². The number of hydrogen-bond acceptors (Lipinski definition) is 1. The van der Waals surface area contributed by atoms with Crippen LogP contribution in [0.3, 0.4) is 0 Å². The molecule has 3 heteroatoms. The first kappa shape index (κ1) is 19.6. The van der Waals surface area contributed by atoms with Crippen LogP contribution >= 0.6 is 23.2 Å². The summed E-state index contributed by atoms with van der Waals surface area (Å²) in [7, 11) is 0. The number of unbranched alkanes of at least 4 members (excludes halogenated alkanes) is 4. The molecule has 1 heterocycles. The van der Waals surface area contributed by atoms with Crippen molar-refractivity contribution in [3.8, 4) is 11.5 Å². The van der Waals surface area contributed by atoms with Gasteiger partial charge in [0.25, 0.3) is 0 Å². The second kappa shape index (κ2) is 10.2. The Balaban J connectivity index is 1.63. The highest BCUT2D eigenvalue weighted by Crippen LogP contribution is 2.37. The molecule has 0 aromatic heterocycles. The first-order valence-electron chi connectivity index (χ1n) is 9.83. The van der Waals surface area contributed by atoms with Crippen LogP contribution in [0.15, 0.2) is 36.4 Å². The van der Waals surface area contributed by atoms with Gasteiger partial charge in [0.2, 0.25) is 0 Å². The van der Waals surface area contributed by atoms with Crippen molar-refractivity contribution in [2.75, 3.05) is 11.8 Å². The monoisotopic (exact) mass is 390 g/mol. The van der Waals surface area contributed by atoms with E-state index in [9.17, 15) is 0 Å². The molecule has 0 spiro atoms. The van der Waals surface area contributed by atoms with Gasteiger partial charge in [-0.3, -0.25) is 0 Å². The second-order valence-corrected chi connectivity index (χ2v) is 7.92. The highest BCUT2D eigenvalue weighted by atomic mass is 35.5. The summed E-state index contributed by atoms with van der Waals surface area (Å²) in [5.41, 5.74) is 5.43. The maximum absolute atomic E-state index is 6.14. The minimum absolute atomic E-state index is 0.767. The molecular weight excluding hydrogens is 363 g/mol. The molecule has 0 bridgehead atoms. The molecule has 0 N–H and O–H groups in total. The third-order valence-electron chi connectivity index (χ3n) is 5.05. The number of alkyl halides is 2. The van der Waals surface area contributed by atoms with Gasteiger partial charge in [0, 0.05) is 18.2 Å². The number of rotatable bonds is 10. The number of hydrogen-bond donors (Lipinski definition) is 0. The molecule has 3 rings (SSSR count). The number of halogens is 2. The summed E-state index contributed by atoms with van der Waals surface area (Å²) in [4.78, 5) is 0. The standard InChI is InChI=1S/C23H28Cl2O/c24-13-5-1-3-7-18-9-11-22-20(15-18)17-21-16-19(8-4-2-6-14-25)10-12-23(21)26-22/h9-12,15-16H,1-8,13-14,17H2. The highest BCUT2D eigenvalue weighted by molar-refractivity contribution is 6.18. The SMILES string of the molecule is ClCCCCCc1ccc2c(c1)Cc1cc(CCCCCCl)ccc1O2. The first-order chi connectivity index (χ1) is 12.8. The predicted octanol–water partition coefficient (Wildman–Crippen LogP) is 7.29. The van der Waals surface area contributed by atoms with Gasteiger partial charge >= 0.3 is 0 Å². The molecule has 0 aliphatic carbocycles. The number of fused-ring (bicyclic) bond motifs is 2. The lowest BCUT2D eigenvalue weighted by Crippen LogP contribution is -2.04. The van der Waals surface area contributed by atoms with Crippen LogP contribution in [0.1, 0.15) is 60.8 Å². The molecule has 0 amide bonds. The molecule has 0 saturated heterocycles. The van der Waals surface area contributed by atoms with Crippen molar-refractivity contribution >= 4 is 23.2 Å². The fraction of sp³-hybridized carbons (Fsp3) is 0.478. The summed E-state index contributed by atoms with van der Waals surface area (Å²) in [5.74, 6) is 3.56. The lowest BCUT2D eigenvalue weighted by atomic mass is 9.94. The first-order valence-corrected chi connectivity index (χ1v) is 10.9. The van der Waals surface area contributed by atoms with Crippen LogP contribution in [-0.4, -0.2) is 11.8 Å². The van der Waals surface area contributed by atoms with Crippen LogP contribution in [0.2, 0.25) is 0 Å². The Morgan fingerprint density at radius 3 is 1.62 bits per heavy atom. The maximum Gasteiger partial charge on any atom is 0.130 e. The molecule has 26 heavy (non-hydrogen) atoms. The van der Waals surface area contributed by atoms with Gasteiger partial charge in [0.1, 0.15) is 11.5 Å². The summed E-state index contributed by atoms with van der Waals surface area (Å²) < 4.78 is 6.14. The minimum Gasteiger partial charge on any atom is -0.457 e. The Morgan fingerprint density at radius 1 is 0.654 bits per heavy atom. The van der Waals surface area contributed by atoms with E-state index in [1.165, 1.54) is 47.9 Å². The van der Waals surface area contributed by atoms with E-state index >= 15 is 0 Å². The van der Waals surface area contributed by atoms with Crippen LogP contribution in [0.25, 0.3) is 0 Å². The van der Waals surface area contributed by atoms with E-state index in [0.717, 1.165) is 55.4 Å². The molecule has 2 aromatic carbocycles. The van der Waals surface area contributed by atoms with Crippen LogP contribution in [0, 0.1) is 0 Å². The minimum atomic E-state index is 0.767. The summed E-state index contributed by atoms with van der Waals surface area (Å²) in [5, 5.41) is 0. The van der Waals surface area contributed by atoms with Crippen molar-refractivity contribution in [3.05, 3.63) is 58.7 Å². The zero-order chi connectivity index (χ0) is 18.2. The molecule has 0 radical (unpaired) electrons. The van der Waals surface area contributed by atoms with Gasteiger partial charge in [-0.05, 0) is 72.9 Å². The Hall–Kier alpha value is -1.18. The largest absolute Gasteiger partial charge is 0.457 e. The van der Waals surface area contributed by atoms with Crippen molar-refractivity contribution in [3.63, 3.8) is 0 Å². The lowest BCUT2D eigenvalue weighted by Gasteiger charge is -2.21. The molecule has 1 aliphatic heterocycles. The van der Waals surface area contributed by atoms with Crippen molar-refractivity contribution in [1.82, 2.24) is 0 Å². The highest BCUT2D eigenvalue weighted by Gasteiger charge is 2.17. The molecule has 0 fully saturated rings. The average Bonchev–Trinajstić information content (AvgIpc) is 2.67. The van der Waals surface area contributed by atoms with E-state index in [4.69, 9.17) is 27.9 Å². The average molecular weight is 391 g/mol. The summed E-state index contributed by atoms with van der Waals surface area (Å²) >= 11 is 11.5. The summed E-state index contributed by atoms with van der Waals surface area (Å²) in [6.45, 7) is 0. The van der Waals surface area contributed by atoms with E-state index in [-0.39, 0.29) is 0 Å². The van der Waals surface area contributed by atoms with E-state index in [2.05, 4.69) is 36.4 Å². The van der Waals surface area contributed by atoms with Gasteiger partial charge in [-0.2, -0.15) is 0 Å². The molecule has 0 atom stereocenters. The number of benzene rings is 2. The van der Waals surface area contributed by atoms with Crippen LogP contribution in [0.5, 0.6) is 11.5 Å². The fourth-order valence-electron chi connectivity index (χ4n) is 3.58. The predicted molar refractivity (Wildman–Crippen MR) is 112 cm³/mol. The van der Waals surface area contributed by atoms with Gasteiger partial charge in [-0.1, -0.05) is 37.1 Å². The number of aryl methyl sites for hydroxylation is 2. The third kappa shape index (κ3) is 5.41. The van der Waals surface area contributed by atoms with Gasteiger partial charge in [0.05, 0.1) is 0 Å². The summed E-state index contributed by atoms with van der Waals surface area (Å²) in [6, 6.07) is 13.3. The fourth-order valence-corrected chi connectivity index (χ4v) is 3.95. The van der Waals surface area contributed by atoms with E-state index in [1.807, 2.05) is 0 Å². The molecule has 0 saturated carbocycles. The zero-order valence-electron chi connectivity index (χ0n) is 15.4. The summed E-state index contributed by atoms with van der Waals surface area (Å²) in [6.07, 6.45) is 10.2. The van der Waals surface area contributed by atoms with Gasteiger partial charge < -0.3 is 4.74 Å². The Labute approximate surface area is 167 Å².